The predicted octanol–water partition coefficient (Wildman–Crippen LogP) is 7.45. The first-order valence-corrected chi connectivity index (χ1v) is 10.3. The minimum atomic E-state index is 0.891. The highest BCUT2D eigenvalue weighted by Gasteiger charge is 2.02. The molecule has 28 heavy (non-hydrogen) atoms. The Balaban J connectivity index is 0.00000190. The van der Waals surface area contributed by atoms with Gasteiger partial charge in [0, 0.05) is 6.54 Å². The van der Waals surface area contributed by atoms with Gasteiger partial charge in [-0.1, -0.05) is 118 Å². The molecule has 2 aromatic rings. The molecule has 1 heteroatoms. The largest absolute Gasteiger partial charge is 0.313 e. The summed E-state index contributed by atoms with van der Waals surface area (Å²) in [5.74, 6) is 0. The molecule has 0 unspecified atom stereocenters. The van der Waals surface area contributed by atoms with Gasteiger partial charge in [0.2, 0.25) is 0 Å². The zero-order valence-corrected chi connectivity index (χ0v) is 17.7. The van der Waals surface area contributed by atoms with E-state index >= 15 is 0 Å². The van der Waals surface area contributed by atoms with Crippen molar-refractivity contribution in [3.63, 3.8) is 0 Å². The lowest BCUT2D eigenvalue weighted by Gasteiger charge is -2.09. The number of allylic oxidation sites excluding steroid dienone is 5. The van der Waals surface area contributed by atoms with E-state index in [-0.39, 0.29) is 0 Å². The van der Waals surface area contributed by atoms with Crippen LogP contribution in [0.3, 0.4) is 0 Å². The van der Waals surface area contributed by atoms with Crippen molar-refractivity contribution in [3.05, 3.63) is 103 Å². The van der Waals surface area contributed by atoms with Crippen molar-refractivity contribution in [1.82, 2.24) is 5.32 Å². The molecular weight excluding hydrogens is 338 g/mol. The first kappa shape index (κ1) is 23.4. The average molecular weight is 374 g/mol. The fourth-order valence-electron chi connectivity index (χ4n) is 2.74. The van der Waals surface area contributed by atoms with Gasteiger partial charge in [0.25, 0.3) is 0 Å². The van der Waals surface area contributed by atoms with E-state index in [9.17, 15) is 0 Å². The first-order chi connectivity index (χ1) is 13.8. The van der Waals surface area contributed by atoms with Crippen molar-refractivity contribution >= 4 is 5.57 Å². The van der Waals surface area contributed by atoms with Crippen molar-refractivity contribution < 1.29 is 0 Å². The van der Waals surface area contributed by atoms with Gasteiger partial charge in [0.15, 0.2) is 0 Å². The van der Waals surface area contributed by atoms with E-state index in [1.807, 2.05) is 26.0 Å². The molecule has 0 aromatic heterocycles. The van der Waals surface area contributed by atoms with Crippen molar-refractivity contribution in [2.45, 2.75) is 33.6 Å². The Morgan fingerprint density at radius 2 is 1.54 bits per heavy atom. The van der Waals surface area contributed by atoms with E-state index in [2.05, 4.69) is 97.7 Å². The Kier molecular flexibility index (Phi) is 12.9. The lowest BCUT2D eigenvalue weighted by Crippen LogP contribution is -2.15. The van der Waals surface area contributed by atoms with Gasteiger partial charge >= 0.3 is 0 Å². The highest BCUT2D eigenvalue weighted by atomic mass is 14.8. The maximum Gasteiger partial charge on any atom is 0.0138 e. The van der Waals surface area contributed by atoms with Gasteiger partial charge in [-0.3, -0.25) is 0 Å². The molecule has 0 aliphatic carbocycles. The lowest BCUT2D eigenvalue weighted by atomic mass is 9.98. The van der Waals surface area contributed by atoms with E-state index in [1.165, 1.54) is 22.3 Å². The molecule has 0 amide bonds. The van der Waals surface area contributed by atoms with Gasteiger partial charge < -0.3 is 5.32 Å². The summed E-state index contributed by atoms with van der Waals surface area (Å²) in [7, 11) is 0. The smallest absolute Gasteiger partial charge is 0.0138 e. The summed E-state index contributed by atoms with van der Waals surface area (Å²) in [6, 6.07) is 19.3. The van der Waals surface area contributed by atoms with Crippen molar-refractivity contribution in [1.29, 1.82) is 0 Å². The molecule has 0 spiro atoms. The van der Waals surface area contributed by atoms with E-state index in [4.69, 9.17) is 0 Å². The SMILES string of the molecule is C=C/C=C(\CCNC/C=C\C=C/CC)c1ccc(-c2ccccc2)cc1.CC. The third-order valence-electron chi connectivity index (χ3n) is 4.13. The standard InChI is InChI=1S/C25H29N.C2H6/c1-3-5-6-7-11-20-26-21-19-22(12-4-2)24-15-17-25(18-16-24)23-13-9-8-10-14-23;1-2/h4-18,26H,2-3,19-21H2,1H3;1-2H3/b6-5-,11-7-,22-12+;. The van der Waals surface area contributed by atoms with Crippen LogP contribution in [0.1, 0.15) is 39.2 Å². The van der Waals surface area contributed by atoms with Crippen LogP contribution in [0, 0.1) is 0 Å². The number of benzene rings is 2. The van der Waals surface area contributed by atoms with Gasteiger partial charge in [0.05, 0.1) is 0 Å². The van der Waals surface area contributed by atoms with E-state index in [0.29, 0.717) is 0 Å². The monoisotopic (exact) mass is 373 g/mol. The summed E-state index contributed by atoms with van der Waals surface area (Å²) < 4.78 is 0. The zero-order chi connectivity index (χ0) is 20.5. The maximum atomic E-state index is 3.86. The summed E-state index contributed by atoms with van der Waals surface area (Å²) in [5.41, 5.74) is 5.06. The molecule has 2 aromatic carbocycles. The van der Waals surface area contributed by atoms with Crippen LogP contribution in [0.5, 0.6) is 0 Å². The Bertz CT molecular complexity index is 734. The van der Waals surface area contributed by atoms with Crippen LogP contribution in [0.15, 0.2) is 97.6 Å². The third-order valence-corrected chi connectivity index (χ3v) is 4.13. The van der Waals surface area contributed by atoms with Gasteiger partial charge in [-0.25, -0.2) is 0 Å². The van der Waals surface area contributed by atoms with Crippen LogP contribution in [0.25, 0.3) is 16.7 Å². The van der Waals surface area contributed by atoms with E-state index < -0.39 is 0 Å². The summed E-state index contributed by atoms with van der Waals surface area (Å²) in [4.78, 5) is 0. The summed E-state index contributed by atoms with van der Waals surface area (Å²) in [5, 5.41) is 3.46. The summed E-state index contributed by atoms with van der Waals surface area (Å²) in [6.07, 6.45) is 14.5. The second-order valence-electron chi connectivity index (χ2n) is 6.09. The van der Waals surface area contributed by atoms with Gasteiger partial charge in [-0.2, -0.15) is 0 Å². The molecule has 0 aliphatic heterocycles. The molecule has 1 N–H and O–H groups in total. The number of hydrogen-bond acceptors (Lipinski definition) is 1. The molecule has 0 aliphatic rings. The Hall–Kier alpha value is -2.64. The van der Waals surface area contributed by atoms with Crippen molar-refractivity contribution in [2.24, 2.45) is 0 Å². The molecular formula is C27H35N. The topological polar surface area (TPSA) is 12.0 Å². The average Bonchev–Trinajstić information content (AvgIpc) is 2.77. The highest BCUT2D eigenvalue weighted by molar-refractivity contribution is 5.71. The molecule has 0 saturated heterocycles. The quantitative estimate of drug-likeness (QED) is 0.337. The minimum Gasteiger partial charge on any atom is -0.313 e. The first-order valence-electron chi connectivity index (χ1n) is 10.3. The zero-order valence-electron chi connectivity index (χ0n) is 17.7. The maximum absolute atomic E-state index is 3.86. The number of rotatable bonds is 10. The van der Waals surface area contributed by atoms with Crippen LogP contribution in [0.2, 0.25) is 0 Å². The summed E-state index contributed by atoms with van der Waals surface area (Å²) in [6.45, 7) is 11.8. The van der Waals surface area contributed by atoms with Crippen molar-refractivity contribution in [2.75, 3.05) is 13.1 Å². The Morgan fingerprint density at radius 1 is 0.893 bits per heavy atom. The molecule has 0 fully saturated rings. The predicted molar refractivity (Wildman–Crippen MR) is 127 cm³/mol. The highest BCUT2D eigenvalue weighted by Crippen LogP contribution is 2.23. The van der Waals surface area contributed by atoms with Crippen LogP contribution in [-0.4, -0.2) is 13.1 Å². The molecule has 0 heterocycles. The normalized spacial score (nSPS) is 11.5. The van der Waals surface area contributed by atoms with Gasteiger partial charge in [-0.15, -0.1) is 0 Å². The number of nitrogens with one attached hydrogen (secondary N) is 1. The van der Waals surface area contributed by atoms with Crippen molar-refractivity contribution in [3.8, 4) is 11.1 Å². The van der Waals surface area contributed by atoms with Crippen LogP contribution in [0.4, 0.5) is 0 Å². The summed E-state index contributed by atoms with van der Waals surface area (Å²) >= 11 is 0. The van der Waals surface area contributed by atoms with Crippen LogP contribution in [-0.2, 0) is 0 Å². The molecule has 0 saturated carbocycles. The fraction of sp³-hybridized carbons (Fsp3) is 0.259. The van der Waals surface area contributed by atoms with Gasteiger partial charge in [-0.05, 0) is 41.6 Å². The third kappa shape index (κ3) is 8.83. The number of hydrogen-bond donors (Lipinski definition) is 1. The fourth-order valence-corrected chi connectivity index (χ4v) is 2.74. The Morgan fingerprint density at radius 3 is 2.18 bits per heavy atom. The minimum absolute atomic E-state index is 0.891. The molecule has 148 valence electrons. The second kappa shape index (κ2) is 15.4. The molecule has 2 rings (SSSR count). The Labute approximate surface area is 172 Å². The molecule has 0 radical (unpaired) electrons. The van der Waals surface area contributed by atoms with E-state index in [1.54, 1.807) is 0 Å². The van der Waals surface area contributed by atoms with E-state index in [0.717, 1.165) is 25.9 Å². The second-order valence-corrected chi connectivity index (χ2v) is 6.09. The lowest BCUT2D eigenvalue weighted by molar-refractivity contribution is 0.762. The molecule has 0 atom stereocenters. The van der Waals surface area contributed by atoms with Crippen LogP contribution < -0.4 is 5.32 Å². The molecule has 1 nitrogen and oxygen atoms in total. The van der Waals surface area contributed by atoms with Gasteiger partial charge in [0.1, 0.15) is 0 Å². The van der Waals surface area contributed by atoms with Crippen LogP contribution >= 0.6 is 0 Å². The molecule has 0 bridgehead atoms.